The number of fused-ring (bicyclic) bond motifs is 3. The van der Waals surface area contributed by atoms with Crippen LogP contribution in [0, 0.1) is 12.3 Å². The summed E-state index contributed by atoms with van der Waals surface area (Å²) in [6.07, 6.45) is 53.3. The van der Waals surface area contributed by atoms with Gasteiger partial charge in [-0.1, -0.05) is 231 Å². The second-order valence-electron chi connectivity index (χ2n) is 15.6. The molecule has 0 bridgehead atoms. The van der Waals surface area contributed by atoms with Crippen molar-refractivity contribution in [1.29, 1.82) is 5.41 Å². The molecule has 71 heavy (non-hydrogen) atoms. The van der Waals surface area contributed by atoms with Crippen LogP contribution in [0.2, 0.25) is 0 Å². The molecule has 0 saturated carbocycles. The van der Waals surface area contributed by atoms with E-state index in [1.54, 1.807) is 12.2 Å². The third-order valence-corrected chi connectivity index (χ3v) is 10.6. The largest absolute Gasteiger partial charge is 0.405 e. The SMILES string of the molecule is C/C=C/C=C\C=C/C=C/C=C/C=C\C=C/N.C=C/C=C/C=C\C(=C/C=C(\C=C/C)Nc1ccc(-c2ccc3c(c2)c2ccccc2n3-c2ccccc2)cc1C(/C=C\C)=C/C=C)c1cccc(C)c1.C=N. The molecule has 4 heteroatoms. The number of nitrogens with one attached hydrogen (secondary N) is 2. The van der Waals surface area contributed by atoms with E-state index in [9.17, 15) is 0 Å². The average Bonchev–Trinajstić information content (AvgIpc) is 3.73. The summed E-state index contributed by atoms with van der Waals surface area (Å²) in [6, 6.07) is 41.3. The molecule has 356 valence electrons. The summed E-state index contributed by atoms with van der Waals surface area (Å²) in [5.74, 6) is 0. The van der Waals surface area contributed by atoms with E-state index in [4.69, 9.17) is 11.1 Å². The fourth-order valence-corrected chi connectivity index (χ4v) is 7.47. The van der Waals surface area contributed by atoms with Gasteiger partial charge in [0.2, 0.25) is 0 Å². The number of aryl methyl sites for hydroxylation is 1. The van der Waals surface area contributed by atoms with Crippen LogP contribution >= 0.6 is 0 Å². The van der Waals surface area contributed by atoms with Crippen LogP contribution in [-0.4, -0.2) is 11.3 Å². The Balaban J connectivity index is 0.000000519. The van der Waals surface area contributed by atoms with E-state index in [1.807, 2.05) is 118 Å². The van der Waals surface area contributed by atoms with Crippen LogP contribution in [0.3, 0.4) is 0 Å². The predicted octanol–water partition coefficient (Wildman–Crippen LogP) is 18.2. The molecule has 0 aliphatic rings. The van der Waals surface area contributed by atoms with Crippen molar-refractivity contribution in [3.05, 3.63) is 315 Å². The second kappa shape index (κ2) is 31.9. The van der Waals surface area contributed by atoms with Crippen LogP contribution in [0.25, 0.3) is 49.8 Å². The number of aromatic nitrogens is 1. The number of hydrogen-bond acceptors (Lipinski definition) is 3. The van der Waals surface area contributed by atoms with Gasteiger partial charge in [-0.2, -0.15) is 0 Å². The van der Waals surface area contributed by atoms with Crippen molar-refractivity contribution in [3.8, 4) is 16.8 Å². The van der Waals surface area contributed by atoms with Gasteiger partial charge in [-0.3, -0.25) is 0 Å². The first-order valence-corrected chi connectivity index (χ1v) is 23.7. The molecule has 4 nitrogen and oxygen atoms in total. The van der Waals surface area contributed by atoms with Crippen LogP contribution in [0.15, 0.2) is 298 Å². The summed E-state index contributed by atoms with van der Waals surface area (Å²) < 4.78 is 2.35. The molecule has 0 amide bonds. The maximum Gasteiger partial charge on any atom is 0.0541 e. The van der Waals surface area contributed by atoms with Gasteiger partial charge in [0, 0.05) is 33.4 Å². The first-order chi connectivity index (χ1) is 35.0. The smallest absolute Gasteiger partial charge is 0.0541 e. The monoisotopic (exact) mass is 929 g/mol. The van der Waals surface area contributed by atoms with Crippen molar-refractivity contribution < 1.29 is 0 Å². The van der Waals surface area contributed by atoms with E-state index in [-0.39, 0.29) is 0 Å². The molecular weight excluding hydrogens is 861 g/mol. The molecule has 0 fully saturated rings. The molecule has 6 aromatic rings. The number of nitrogens with two attached hydrogens (primary N) is 1. The van der Waals surface area contributed by atoms with Crippen LogP contribution in [0.1, 0.15) is 37.5 Å². The molecule has 0 radical (unpaired) electrons. The number of anilines is 1. The Morgan fingerprint density at radius 3 is 1.77 bits per heavy atom. The fourth-order valence-electron chi connectivity index (χ4n) is 7.47. The van der Waals surface area contributed by atoms with Gasteiger partial charge in [0.15, 0.2) is 0 Å². The van der Waals surface area contributed by atoms with Gasteiger partial charge < -0.3 is 21.0 Å². The minimum atomic E-state index is 0.968. The lowest BCUT2D eigenvalue weighted by molar-refractivity contribution is 1.18. The highest BCUT2D eigenvalue weighted by atomic mass is 15.0. The number of benzene rings is 5. The summed E-state index contributed by atoms with van der Waals surface area (Å²) in [6.45, 7) is 18.5. The number of para-hydroxylation sites is 2. The minimum absolute atomic E-state index is 0.968. The van der Waals surface area contributed by atoms with Crippen molar-refractivity contribution in [2.75, 3.05) is 5.32 Å². The maximum absolute atomic E-state index is 5.50. The molecule has 0 unspecified atom stereocenters. The average molecular weight is 929 g/mol. The van der Waals surface area contributed by atoms with E-state index in [1.165, 1.54) is 33.6 Å². The second-order valence-corrected chi connectivity index (χ2v) is 15.6. The highest BCUT2D eigenvalue weighted by Crippen LogP contribution is 2.37. The Bertz CT molecular complexity index is 3070. The van der Waals surface area contributed by atoms with E-state index in [2.05, 4.69) is 201 Å². The Labute approximate surface area is 423 Å². The zero-order valence-corrected chi connectivity index (χ0v) is 41.7. The normalized spacial score (nSPS) is 13.0. The third kappa shape index (κ3) is 17.2. The lowest BCUT2D eigenvalue weighted by atomic mass is 9.95. The molecular formula is C67H68N4. The van der Waals surface area contributed by atoms with E-state index in [0.717, 1.165) is 50.5 Å². The summed E-state index contributed by atoms with van der Waals surface area (Å²) in [7, 11) is 0. The molecule has 0 aliphatic heterocycles. The lowest BCUT2D eigenvalue weighted by Crippen LogP contribution is -2.01. The van der Waals surface area contributed by atoms with Gasteiger partial charge in [0.05, 0.1) is 11.0 Å². The van der Waals surface area contributed by atoms with Gasteiger partial charge in [-0.15, -0.1) is 0 Å². The highest BCUT2D eigenvalue weighted by Gasteiger charge is 2.15. The van der Waals surface area contributed by atoms with Crippen molar-refractivity contribution in [2.45, 2.75) is 27.7 Å². The Kier molecular flexibility index (Phi) is 24.5. The Hall–Kier alpha value is -8.99. The van der Waals surface area contributed by atoms with Gasteiger partial charge in [0.1, 0.15) is 0 Å². The molecule has 5 aromatic carbocycles. The Morgan fingerprint density at radius 1 is 0.507 bits per heavy atom. The van der Waals surface area contributed by atoms with E-state index in [0.29, 0.717) is 0 Å². The molecule has 0 aliphatic carbocycles. The molecule has 4 N–H and O–H groups in total. The molecule has 0 spiro atoms. The van der Waals surface area contributed by atoms with Gasteiger partial charge >= 0.3 is 0 Å². The lowest BCUT2D eigenvalue weighted by Gasteiger charge is -2.16. The molecule has 6 rings (SSSR count). The number of nitrogens with zero attached hydrogens (tertiary/aromatic N) is 1. The fraction of sp³-hybridized carbons (Fsp3) is 0.0597. The minimum Gasteiger partial charge on any atom is -0.405 e. The first kappa shape index (κ1) is 54.6. The number of allylic oxidation sites excluding steroid dienone is 28. The first-order valence-electron chi connectivity index (χ1n) is 23.7. The summed E-state index contributed by atoms with van der Waals surface area (Å²) in [4.78, 5) is 0. The maximum atomic E-state index is 5.50. The van der Waals surface area contributed by atoms with Crippen molar-refractivity contribution in [2.24, 2.45) is 5.73 Å². The van der Waals surface area contributed by atoms with Crippen molar-refractivity contribution in [3.63, 3.8) is 0 Å². The van der Waals surface area contributed by atoms with E-state index < -0.39 is 0 Å². The van der Waals surface area contributed by atoms with Crippen molar-refractivity contribution >= 4 is 45.4 Å². The van der Waals surface area contributed by atoms with Crippen molar-refractivity contribution in [1.82, 2.24) is 4.57 Å². The van der Waals surface area contributed by atoms with Crippen LogP contribution in [0.5, 0.6) is 0 Å². The van der Waals surface area contributed by atoms with Gasteiger partial charge in [-0.25, -0.2) is 0 Å². The highest BCUT2D eigenvalue weighted by molar-refractivity contribution is 6.10. The molecule has 1 aromatic heterocycles. The van der Waals surface area contributed by atoms with Crippen LogP contribution in [-0.2, 0) is 0 Å². The third-order valence-electron chi connectivity index (χ3n) is 10.6. The zero-order valence-electron chi connectivity index (χ0n) is 41.7. The molecule has 0 atom stereocenters. The predicted molar refractivity (Wildman–Crippen MR) is 317 cm³/mol. The quantitative estimate of drug-likeness (QED) is 0.0560. The standard InChI is InChI=1S/C51H46N2.C15H19N.CH3N/c1-6-10-11-13-23-39(41-24-18-22-38(5)35-41)29-32-44(21-9-4)52-49-33-30-42(36-47(49)40(19-7-2)20-8-3)43-31-34-51-48(37-43)46-27-16-17-28-50(46)53(51)45-25-14-12-15-26-45;1-2-3-4-5-6-7-8-9-10-11-12-13-14-15-16;1-2/h6-37,52H,1-2H2,3-5H3;2-15H,16H2,1H3;2H,1H2/b11-10+,20-8-,21-9-,23-13-,39-29+,40-19+,44-32+;3-2+,5-4-,7-6-,9-8+,11-10+,13-12-,15-14-;. The Morgan fingerprint density at radius 2 is 1.13 bits per heavy atom. The topological polar surface area (TPSA) is 66.8 Å². The van der Waals surface area contributed by atoms with Gasteiger partial charge in [-0.05, 0) is 129 Å². The number of rotatable bonds is 19. The molecule has 1 heterocycles. The summed E-state index contributed by atoms with van der Waals surface area (Å²) >= 11 is 0. The summed E-state index contributed by atoms with van der Waals surface area (Å²) in [5.41, 5.74) is 18.6. The van der Waals surface area contributed by atoms with E-state index >= 15 is 0 Å². The summed E-state index contributed by atoms with van der Waals surface area (Å²) in [5, 5.41) is 11.7. The molecule has 0 saturated heterocycles. The zero-order chi connectivity index (χ0) is 50.9. The number of hydrogen-bond donors (Lipinski definition) is 3. The van der Waals surface area contributed by atoms with Gasteiger partial charge in [0.25, 0.3) is 0 Å². The van der Waals surface area contributed by atoms with Crippen LogP contribution < -0.4 is 11.1 Å². The van der Waals surface area contributed by atoms with Crippen LogP contribution in [0.4, 0.5) is 5.69 Å².